The minimum absolute atomic E-state index is 0.0463. The largest absolute Gasteiger partial charge is 0.466 e. The number of carbonyl (C=O) groups is 4. The number of nitrogens with one attached hydrogen (secondary N) is 2. The second kappa shape index (κ2) is 8.93. The summed E-state index contributed by atoms with van der Waals surface area (Å²) < 4.78 is 15.0. The molecular formula is C20H28N2O7. The maximum absolute atomic E-state index is 13.2. The predicted molar refractivity (Wildman–Crippen MR) is 104 cm³/mol. The summed E-state index contributed by atoms with van der Waals surface area (Å²) in [4.78, 5) is 50.7. The van der Waals surface area contributed by atoms with Crippen LogP contribution in [0.1, 0.15) is 51.9 Å². The van der Waals surface area contributed by atoms with E-state index in [2.05, 4.69) is 10.6 Å². The third-order valence-corrected chi connectivity index (χ3v) is 3.25. The Morgan fingerprint density at radius 1 is 0.759 bits per heavy atom. The van der Waals surface area contributed by atoms with Crippen molar-refractivity contribution in [2.24, 2.45) is 0 Å². The van der Waals surface area contributed by atoms with Crippen LogP contribution in [0.25, 0.3) is 0 Å². The van der Waals surface area contributed by atoms with Gasteiger partial charge >= 0.3 is 18.2 Å². The zero-order chi connectivity index (χ0) is 22.5. The van der Waals surface area contributed by atoms with Gasteiger partial charge in [-0.1, -0.05) is 30.3 Å². The van der Waals surface area contributed by atoms with E-state index in [1.165, 1.54) is 12.1 Å². The number of alkyl carbamates (subject to hydrolysis) is 2. The molecule has 0 saturated carbocycles. The van der Waals surface area contributed by atoms with Crippen molar-refractivity contribution in [2.75, 3.05) is 7.11 Å². The molecule has 0 spiro atoms. The Kier molecular flexibility index (Phi) is 7.37. The number of rotatable bonds is 5. The van der Waals surface area contributed by atoms with Crippen LogP contribution in [0, 0.1) is 0 Å². The standard InChI is InChI=1S/C20H28N2O7/c1-18(2,3)28-16(25)21-20(15(24)27-7,22-17(26)29-19(4,5)6)14(23)13-11-9-8-10-12-13/h8-12H,1-7H3,(H,21,25)(H,22,26). The Balaban J connectivity index is 3.44. The van der Waals surface area contributed by atoms with E-state index < -0.39 is 40.8 Å². The smallest absolute Gasteiger partial charge is 0.410 e. The second-order valence-corrected chi connectivity index (χ2v) is 8.19. The fraction of sp³-hybridized carbons (Fsp3) is 0.500. The van der Waals surface area contributed by atoms with E-state index >= 15 is 0 Å². The summed E-state index contributed by atoms with van der Waals surface area (Å²) in [6.45, 7) is 9.62. The molecule has 0 unspecified atom stereocenters. The number of benzene rings is 1. The molecule has 29 heavy (non-hydrogen) atoms. The number of amides is 2. The third kappa shape index (κ3) is 7.10. The molecule has 2 amide bonds. The number of Topliss-reactive ketones (excluding diaryl/α,β-unsaturated/α-hetero) is 1. The molecule has 0 aliphatic heterocycles. The summed E-state index contributed by atoms with van der Waals surface area (Å²) in [7, 11) is 1.02. The third-order valence-electron chi connectivity index (χ3n) is 3.25. The number of methoxy groups -OCH3 is 1. The molecule has 0 atom stereocenters. The van der Waals surface area contributed by atoms with Crippen LogP contribution in [0.3, 0.4) is 0 Å². The van der Waals surface area contributed by atoms with E-state index in [1.54, 1.807) is 59.7 Å². The molecule has 160 valence electrons. The number of ketones is 1. The number of ether oxygens (including phenoxy) is 3. The van der Waals surface area contributed by atoms with E-state index in [0.717, 1.165) is 7.11 Å². The highest BCUT2D eigenvalue weighted by Gasteiger charge is 2.52. The fourth-order valence-electron chi connectivity index (χ4n) is 2.21. The molecule has 1 aromatic rings. The normalized spacial score (nSPS) is 11.8. The molecule has 1 rings (SSSR count). The molecule has 0 saturated heterocycles. The summed E-state index contributed by atoms with van der Waals surface area (Å²) in [5.41, 5.74) is -4.40. The van der Waals surface area contributed by atoms with Crippen LogP contribution in [0.5, 0.6) is 0 Å². The van der Waals surface area contributed by atoms with Gasteiger partial charge in [-0.25, -0.2) is 14.4 Å². The van der Waals surface area contributed by atoms with Crippen LogP contribution in [0.15, 0.2) is 30.3 Å². The fourth-order valence-corrected chi connectivity index (χ4v) is 2.21. The molecule has 9 heteroatoms. The minimum Gasteiger partial charge on any atom is -0.466 e. The molecular weight excluding hydrogens is 380 g/mol. The van der Waals surface area contributed by atoms with Gasteiger partial charge in [0.2, 0.25) is 5.78 Å². The topological polar surface area (TPSA) is 120 Å². The average molecular weight is 408 g/mol. The van der Waals surface area contributed by atoms with Gasteiger partial charge in [0.05, 0.1) is 7.11 Å². The van der Waals surface area contributed by atoms with Gasteiger partial charge in [-0.15, -0.1) is 0 Å². The molecule has 0 aromatic heterocycles. The maximum atomic E-state index is 13.2. The van der Waals surface area contributed by atoms with E-state index in [1.807, 2.05) is 0 Å². The van der Waals surface area contributed by atoms with Crippen LogP contribution in [0.2, 0.25) is 0 Å². The first-order valence-electron chi connectivity index (χ1n) is 8.91. The van der Waals surface area contributed by atoms with Gasteiger partial charge in [0, 0.05) is 5.56 Å². The quantitative estimate of drug-likeness (QED) is 0.253. The van der Waals surface area contributed by atoms with Crippen LogP contribution < -0.4 is 10.6 Å². The Morgan fingerprint density at radius 2 is 1.17 bits per heavy atom. The molecule has 0 aliphatic rings. The summed E-state index contributed by atoms with van der Waals surface area (Å²) >= 11 is 0. The average Bonchev–Trinajstić information content (AvgIpc) is 2.57. The van der Waals surface area contributed by atoms with Gasteiger partial charge in [-0.2, -0.15) is 0 Å². The van der Waals surface area contributed by atoms with E-state index in [0.29, 0.717) is 0 Å². The summed E-state index contributed by atoms with van der Waals surface area (Å²) in [5.74, 6) is -2.15. The van der Waals surface area contributed by atoms with E-state index in [-0.39, 0.29) is 5.56 Å². The minimum atomic E-state index is -2.60. The number of hydrogen-bond donors (Lipinski definition) is 2. The highest BCUT2D eigenvalue weighted by Crippen LogP contribution is 2.17. The van der Waals surface area contributed by atoms with Gasteiger partial charge in [-0.3, -0.25) is 15.4 Å². The molecule has 1 aromatic carbocycles. The maximum Gasteiger partial charge on any atom is 0.410 e. The van der Waals surface area contributed by atoms with Crippen molar-refractivity contribution in [3.8, 4) is 0 Å². The Morgan fingerprint density at radius 3 is 1.52 bits per heavy atom. The summed E-state index contributed by atoms with van der Waals surface area (Å²) in [6.07, 6.45) is -2.22. The first kappa shape index (κ1) is 23.9. The van der Waals surface area contributed by atoms with Crippen LogP contribution in [0.4, 0.5) is 9.59 Å². The van der Waals surface area contributed by atoms with Crippen molar-refractivity contribution in [1.82, 2.24) is 10.6 Å². The lowest BCUT2D eigenvalue weighted by molar-refractivity contribution is -0.147. The van der Waals surface area contributed by atoms with Crippen LogP contribution in [-0.4, -0.2) is 47.9 Å². The lowest BCUT2D eigenvalue weighted by Crippen LogP contribution is -2.71. The first-order chi connectivity index (χ1) is 13.2. The Hall–Kier alpha value is -3.10. The molecule has 0 aliphatic carbocycles. The van der Waals surface area contributed by atoms with Crippen LogP contribution >= 0.6 is 0 Å². The monoisotopic (exact) mass is 408 g/mol. The highest BCUT2D eigenvalue weighted by atomic mass is 16.6. The first-order valence-corrected chi connectivity index (χ1v) is 8.91. The number of hydrogen-bond acceptors (Lipinski definition) is 7. The molecule has 0 fully saturated rings. The van der Waals surface area contributed by atoms with Crippen molar-refractivity contribution in [3.05, 3.63) is 35.9 Å². The number of carbonyl (C=O) groups excluding carboxylic acids is 4. The Bertz CT molecular complexity index is 731. The highest BCUT2D eigenvalue weighted by molar-refractivity contribution is 6.18. The molecule has 0 radical (unpaired) electrons. The van der Waals surface area contributed by atoms with Gasteiger partial charge in [0.25, 0.3) is 5.66 Å². The SMILES string of the molecule is COC(=O)C(NC(=O)OC(C)(C)C)(NC(=O)OC(C)(C)C)C(=O)c1ccccc1. The van der Waals surface area contributed by atoms with Crippen molar-refractivity contribution in [1.29, 1.82) is 0 Å². The summed E-state index contributed by atoms with van der Waals surface area (Å²) in [5, 5.41) is 4.31. The lowest BCUT2D eigenvalue weighted by Gasteiger charge is -2.33. The predicted octanol–water partition coefficient (Wildman–Crippen LogP) is 2.79. The second-order valence-electron chi connectivity index (χ2n) is 8.19. The van der Waals surface area contributed by atoms with Gasteiger partial charge in [0.15, 0.2) is 0 Å². The van der Waals surface area contributed by atoms with E-state index in [4.69, 9.17) is 14.2 Å². The molecule has 9 nitrogen and oxygen atoms in total. The van der Waals surface area contributed by atoms with Crippen molar-refractivity contribution < 1.29 is 33.4 Å². The van der Waals surface area contributed by atoms with E-state index in [9.17, 15) is 19.2 Å². The van der Waals surface area contributed by atoms with Crippen LogP contribution in [-0.2, 0) is 19.0 Å². The summed E-state index contributed by atoms with van der Waals surface area (Å²) in [6, 6.07) is 7.65. The molecule has 0 bridgehead atoms. The Labute approximate surface area is 170 Å². The number of esters is 1. The zero-order valence-electron chi connectivity index (χ0n) is 17.7. The zero-order valence-corrected chi connectivity index (χ0v) is 17.7. The molecule has 0 heterocycles. The van der Waals surface area contributed by atoms with Gasteiger partial charge in [0.1, 0.15) is 11.2 Å². The van der Waals surface area contributed by atoms with Gasteiger partial charge < -0.3 is 14.2 Å². The van der Waals surface area contributed by atoms with Crippen molar-refractivity contribution >= 4 is 23.9 Å². The van der Waals surface area contributed by atoms with Gasteiger partial charge in [-0.05, 0) is 41.5 Å². The molecule has 2 N–H and O–H groups in total. The van der Waals surface area contributed by atoms with Crippen molar-refractivity contribution in [3.63, 3.8) is 0 Å². The lowest BCUT2D eigenvalue weighted by atomic mass is 9.97. The van der Waals surface area contributed by atoms with Crippen molar-refractivity contribution in [2.45, 2.75) is 58.4 Å².